The zero-order valence-electron chi connectivity index (χ0n) is 18.1. The third-order valence-corrected chi connectivity index (χ3v) is 6.22. The number of ether oxygens (including phenoxy) is 2. The number of sulfonamides is 1. The van der Waals surface area contributed by atoms with E-state index in [0.29, 0.717) is 18.0 Å². The van der Waals surface area contributed by atoms with Crippen LogP contribution in [0.3, 0.4) is 0 Å². The average Bonchev–Trinajstić information content (AvgIpc) is 2.76. The van der Waals surface area contributed by atoms with Crippen molar-refractivity contribution in [1.82, 2.24) is 5.32 Å². The molecule has 1 N–H and O–H groups in total. The van der Waals surface area contributed by atoms with E-state index in [1.807, 2.05) is 37.3 Å². The number of nitrogens with zero attached hydrogens (tertiary/aromatic N) is 2. The van der Waals surface area contributed by atoms with Crippen molar-refractivity contribution in [1.29, 1.82) is 0 Å². The predicted molar refractivity (Wildman–Crippen MR) is 121 cm³/mol. The molecular weight excluding hydrogens is 418 g/mol. The number of carbonyl (C=O) groups is 1. The quantitative estimate of drug-likeness (QED) is 0.665. The van der Waals surface area contributed by atoms with E-state index in [-0.39, 0.29) is 6.54 Å². The Morgan fingerprint density at radius 2 is 1.84 bits per heavy atom. The summed E-state index contributed by atoms with van der Waals surface area (Å²) in [7, 11) is -2.22. The fraction of sp³-hybridized carbons (Fsp3) is 0.409. The van der Waals surface area contributed by atoms with Crippen molar-refractivity contribution in [2.45, 2.75) is 13.5 Å². The van der Waals surface area contributed by atoms with Crippen molar-refractivity contribution in [3.8, 4) is 5.75 Å². The molecule has 1 heterocycles. The maximum atomic E-state index is 12.6. The van der Waals surface area contributed by atoms with Gasteiger partial charge < -0.3 is 19.7 Å². The van der Waals surface area contributed by atoms with Gasteiger partial charge in [-0.15, -0.1) is 0 Å². The highest BCUT2D eigenvalue weighted by atomic mass is 32.2. The van der Waals surface area contributed by atoms with Crippen molar-refractivity contribution < 1.29 is 22.7 Å². The fourth-order valence-electron chi connectivity index (χ4n) is 3.41. The minimum atomic E-state index is -3.69. The first-order chi connectivity index (χ1) is 14.8. The number of aryl methyl sites for hydroxylation is 1. The van der Waals surface area contributed by atoms with Gasteiger partial charge in [-0.3, -0.25) is 9.10 Å². The fourth-order valence-corrected chi connectivity index (χ4v) is 4.26. The van der Waals surface area contributed by atoms with Crippen LogP contribution >= 0.6 is 0 Å². The second-order valence-corrected chi connectivity index (χ2v) is 9.39. The standard InChI is InChI=1S/C22H29N3O5S/c1-17-4-9-21(29-2)20(14-17)25(31(3,27)28)16-22(26)23-15-18-5-7-19(8-6-18)24-10-12-30-13-11-24/h4-9,14H,10-13,15-16H2,1-3H3,(H,23,26). The SMILES string of the molecule is COc1ccc(C)cc1N(CC(=O)NCc1ccc(N2CCOCC2)cc1)S(C)(=O)=O. The number of hydrogen-bond acceptors (Lipinski definition) is 6. The van der Waals surface area contributed by atoms with E-state index < -0.39 is 15.9 Å². The van der Waals surface area contributed by atoms with Crippen LogP contribution in [-0.2, 0) is 26.1 Å². The van der Waals surface area contributed by atoms with E-state index in [1.165, 1.54) is 7.11 Å². The Hall–Kier alpha value is -2.78. The van der Waals surface area contributed by atoms with Gasteiger partial charge in [-0.25, -0.2) is 8.42 Å². The Morgan fingerprint density at radius 3 is 2.45 bits per heavy atom. The summed E-state index contributed by atoms with van der Waals surface area (Å²) in [5.41, 5.74) is 3.26. The summed E-state index contributed by atoms with van der Waals surface area (Å²) >= 11 is 0. The van der Waals surface area contributed by atoms with E-state index >= 15 is 0 Å². The third-order valence-electron chi connectivity index (χ3n) is 5.09. The second-order valence-electron chi connectivity index (χ2n) is 7.49. The molecule has 3 rings (SSSR count). The molecule has 0 aromatic heterocycles. The highest BCUT2D eigenvalue weighted by Gasteiger charge is 2.24. The molecule has 0 atom stereocenters. The smallest absolute Gasteiger partial charge is 0.241 e. The number of nitrogens with one attached hydrogen (secondary N) is 1. The van der Waals surface area contributed by atoms with Crippen LogP contribution in [0.25, 0.3) is 0 Å². The van der Waals surface area contributed by atoms with Crippen LogP contribution in [0.5, 0.6) is 5.75 Å². The van der Waals surface area contributed by atoms with Gasteiger partial charge in [0.2, 0.25) is 15.9 Å². The van der Waals surface area contributed by atoms with E-state index in [1.54, 1.807) is 12.1 Å². The number of amides is 1. The molecule has 0 unspecified atom stereocenters. The van der Waals surface area contributed by atoms with Gasteiger partial charge in [-0.2, -0.15) is 0 Å². The lowest BCUT2D eigenvalue weighted by Gasteiger charge is -2.29. The summed E-state index contributed by atoms with van der Waals surface area (Å²) < 4.78 is 36.5. The summed E-state index contributed by atoms with van der Waals surface area (Å²) in [5.74, 6) is -0.00577. The van der Waals surface area contributed by atoms with Gasteiger partial charge in [0.25, 0.3) is 0 Å². The van der Waals surface area contributed by atoms with Crippen LogP contribution in [0.4, 0.5) is 11.4 Å². The summed E-state index contributed by atoms with van der Waals surface area (Å²) in [5, 5.41) is 2.80. The van der Waals surface area contributed by atoms with E-state index in [4.69, 9.17) is 9.47 Å². The minimum Gasteiger partial charge on any atom is -0.495 e. The molecule has 1 amide bonds. The zero-order chi connectivity index (χ0) is 22.4. The molecule has 9 heteroatoms. The molecule has 2 aromatic rings. The number of morpholine rings is 1. The van der Waals surface area contributed by atoms with Crippen molar-refractivity contribution in [3.05, 3.63) is 53.6 Å². The molecule has 0 saturated carbocycles. The first-order valence-corrected chi connectivity index (χ1v) is 11.9. The molecule has 2 aromatic carbocycles. The van der Waals surface area contributed by atoms with E-state index in [0.717, 1.165) is 53.7 Å². The molecular formula is C22H29N3O5S. The summed E-state index contributed by atoms with van der Waals surface area (Å²) in [6.45, 7) is 5.00. The molecule has 1 aliphatic rings. The first kappa shape index (κ1) is 22.9. The number of rotatable bonds is 8. The Morgan fingerprint density at radius 1 is 1.16 bits per heavy atom. The number of methoxy groups -OCH3 is 1. The maximum absolute atomic E-state index is 12.6. The molecule has 0 radical (unpaired) electrons. The third kappa shape index (κ3) is 6.11. The molecule has 0 aliphatic carbocycles. The summed E-state index contributed by atoms with van der Waals surface area (Å²) in [6, 6.07) is 13.2. The van der Waals surface area contributed by atoms with Crippen LogP contribution in [0.2, 0.25) is 0 Å². The van der Waals surface area contributed by atoms with E-state index in [9.17, 15) is 13.2 Å². The Bertz CT molecular complexity index is 1000. The largest absolute Gasteiger partial charge is 0.495 e. The van der Waals surface area contributed by atoms with E-state index in [2.05, 4.69) is 10.2 Å². The van der Waals surface area contributed by atoms with Crippen molar-refractivity contribution in [2.75, 3.05) is 55.4 Å². The van der Waals surface area contributed by atoms with Crippen LogP contribution in [0, 0.1) is 6.92 Å². The highest BCUT2D eigenvalue weighted by Crippen LogP contribution is 2.30. The van der Waals surface area contributed by atoms with Crippen molar-refractivity contribution >= 4 is 27.3 Å². The molecule has 168 valence electrons. The Kier molecular flexibility index (Phi) is 7.40. The molecule has 1 aliphatic heterocycles. The van der Waals surface area contributed by atoms with Crippen LogP contribution in [0.1, 0.15) is 11.1 Å². The zero-order valence-corrected chi connectivity index (χ0v) is 18.9. The number of anilines is 2. The monoisotopic (exact) mass is 447 g/mol. The lowest BCUT2D eigenvalue weighted by atomic mass is 10.2. The topological polar surface area (TPSA) is 88.2 Å². The molecule has 8 nitrogen and oxygen atoms in total. The predicted octanol–water partition coefficient (Wildman–Crippen LogP) is 1.92. The average molecular weight is 448 g/mol. The highest BCUT2D eigenvalue weighted by molar-refractivity contribution is 7.92. The van der Waals surface area contributed by atoms with Crippen molar-refractivity contribution in [3.63, 3.8) is 0 Å². The van der Waals surface area contributed by atoms with Gasteiger partial charge in [0.15, 0.2) is 0 Å². The molecule has 1 saturated heterocycles. The van der Waals surface area contributed by atoms with Gasteiger partial charge >= 0.3 is 0 Å². The van der Waals surface area contributed by atoms with Gasteiger partial charge in [0.05, 0.1) is 32.3 Å². The summed E-state index contributed by atoms with van der Waals surface area (Å²) in [6.07, 6.45) is 1.08. The number of benzene rings is 2. The lowest BCUT2D eigenvalue weighted by molar-refractivity contribution is -0.119. The number of hydrogen-bond donors (Lipinski definition) is 1. The normalized spacial score (nSPS) is 14.2. The Balaban J connectivity index is 1.65. The first-order valence-electron chi connectivity index (χ1n) is 10.1. The van der Waals surface area contributed by atoms with Gasteiger partial charge in [0, 0.05) is 25.3 Å². The van der Waals surface area contributed by atoms with Gasteiger partial charge in [-0.05, 0) is 42.3 Å². The lowest BCUT2D eigenvalue weighted by Crippen LogP contribution is -2.40. The molecule has 0 spiro atoms. The van der Waals surface area contributed by atoms with Gasteiger partial charge in [-0.1, -0.05) is 18.2 Å². The number of carbonyl (C=O) groups excluding carboxylic acids is 1. The molecule has 1 fully saturated rings. The van der Waals surface area contributed by atoms with Crippen molar-refractivity contribution in [2.24, 2.45) is 0 Å². The Labute approximate surface area is 183 Å². The summed E-state index contributed by atoms with van der Waals surface area (Å²) in [4.78, 5) is 14.8. The van der Waals surface area contributed by atoms with Gasteiger partial charge in [0.1, 0.15) is 12.3 Å². The minimum absolute atomic E-state index is 0.310. The second kappa shape index (κ2) is 10.0. The van der Waals surface area contributed by atoms with Crippen LogP contribution in [0.15, 0.2) is 42.5 Å². The van der Waals surface area contributed by atoms with Crippen LogP contribution in [-0.4, -0.2) is 60.5 Å². The molecule has 31 heavy (non-hydrogen) atoms. The molecule has 0 bridgehead atoms. The maximum Gasteiger partial charge on any atom is 0.241 e. The van der Waals surface area contributed by atoms with Crippen LogP contribution < -0.4 is 19.3 Å².